The molecule has 0 saturated heterocycles. The van der Waals surface area contributed by atoms with E-state index in [9.17, 15) is 9.59 Å². The van der Waals surface area contributed by atoms with Gasteiger partial charge in [0.1, 0.15) is 11.4 Å². The molecule has 8 nitrogen and oxygen atoms in total. The predicted octanol–water partition coefficient (Wildman–Crippen LogP) is 2.92. The van der Waals surface area contributed by atoms with E-state index in [1.165, 1.54) is 11.8 Å². The van der Waals surface area contributed by atoms with Crippen LogP contribution in [0.3, 0.4) is 0 Å². The van der Waals surface area contributed by atoms with Crippen molar-refractivity contribution in [1.29, 1.82) is 0 Å². The summed E-state index contributed by atoms with van der Waals surface area (Å²) in [6.07, 6.45) is 1.75. The van der Waals surface area contributed by atoms with Crippen LogP contribution in [0.15, 0.2) is 47.8 Å². The van der Waals surface area contributed by atoms with E-state index in [0.29, 0.717) is 16.7 Å². The summed E-state index contributed by atoms with van der Waals surface area (Å²) in [5.41, 5.74) is 1.33. The molecule has 0 radical (unpaired) electrons. The van der Waals surface area contributed by atoms with E-state index < -0.39 is 5.91 Å². The normalized spacial score (nSPS) is 10.9. The molecular formula is C20H23N5O3S. The maximum absolute atomic E-state index is 12.2. The standard InChI is InChI=1S/C20H23N5O3S/c1-13(2)25-18(14-7-9-15(28-4)10-8-14)22-23-20(25)29-12-17(26)21-19(27)16-6-5-11-24(16)3/h5-11,13H,12H2,1-4H3,(H,21,26,27). The van der Waals surface area contributed by atoms with Crippen molar-refractivity contribution in [2.45, 2.75) is 25.0 Å². The number of hydrogen-bond acceptors (Lipinski definition) is 6. The van der Waals surface area contributed by atoms with E-state index in [0.717, 1.165) is 11.3 Å². The van der Waals surface area contributed by atoms with Crippen LogP contribution < -0.4 is 10.1 Å². The molecule has 0 aliphatic heterocycles. The van der Waals surface area contributed by atoms with Gasteiger partial charge < -0.3 is 9.30 Å². The Morgan fingerprint density at radius 2 is 1.90 bits per heavy atom. The Hall–Kier alpha value is -3.07. The minimum absolute atomic E-state index is 0.0592. The number of amides is 2. The molecule has 2 aromatic heterocycles. The Bertz CT molecular complexity index is 1010. The van der Waals surface area contributed by atoms with Gasteiger partial charge in [0.15, 0.2) is 11.0 Å². The van der Waals surface area contributed by atoms with Gasteiger partial charge in [-0.1, -0.05) is 11.8 Å². The summed E-state index contributed by atoms with van der Waals surface area (Å²) in [5.74, 6) is 0.728. The highest BCUT2D eigenvalue weighted by Gasteiger charge is 2.19. The summed E-state index contributed by atoms with van der Waals surface area (Å²) in [5, 5.41) is 11.6. The zero-order valence-corrected chi connectivity index (χ0v) is 17.6. The molecule has 0 fully saturated rings. The molecule has 2 heterocycles. The maximum atomic E-state index is 12.2. The van der Waals surface area contributed by atoms with Crippen molar-refractivity contribution in [2.24, 2.45) is 7.05 Å². The third-order valence-corrected chi connectivity index (χ3v) is 5.23. The molecule has 152 valence electrons. The van der Waals surface area contributed by atoms with E-state index in [2.05, 4.69) is 15.5 Å². The van der Waals surface area contributed by atoms with Gasteiger partial charge in [-0.15, -0.1) is 10.2 Å². The van der Waals surface area contributed by atoms with Crippen molar-refractivity contribution < 1.29 is 14.3 Å². The van der Waals surface area contributed by atoms with E-state index in [4.69, 9.17) is 4.74 Å². The van der Waals surface area contributed by atoms with Gasteiger partial charge in [0.2, 0.25) is 5.91 Å². The van der Waals surface area contributed by atoms with Crippen LogP contribution >= 0.6 is 11.8 Å². The van der Waals surface area contributed by atoms with Crippen molar-refractivity contribution >= 4 is 23.6 Å². The fourth-order valence-corrected chi connectivity index (χ4v) is 3.70. The molecule has 0 saturated carbocycles. The highest BCUT2D eigenvalue weighted by atomic mass is 32.2. The lowest BCUT2D eigenvalue weighted by Gasteiger charge is -2.14. The molecule has 0 bridgehead atoms. The van der Waals surface area contributed by atoms with Crippen molar-refractivity contribution in [3.63, 3.8) is 0 Å². The van der Waals surface area contributed by atoms with Gasteiger partial charge in [0.05, 0.1) is 12.9 Å². The van der Waals surface area contributed by atoms with Gasteiger partial charge in [-0.3, -0.25) is 19.5 Å². The number of nitrogens with zero attached hydrogens (tertiary/aromatic N) is 4. The average molecular weight is 414 g/mol. The first kappa shape index (κ1) is 20.7. The molecule has 1 N–H and O–H groups in total. The maximum Gasteiger partial charge on any atom is 0.274 e. The number of nitrogens with one attached hydrogen (secondary N) is 1. The van der Waals surface area contributed by atoms with E-state index in [1.54, 1.807) is 37.1 Å². The SMILES string of the molecule is COc1ccc(-c2nnc(SCC(=O)NC(=O)c3cccn3C)n2C(C)C)cc1. The van der Waals surface area contributed by atoms with E-state index >= 15 is 0 Å². The first-order chi connectivity index (χ1) is 13.9. The van der Waals surface area contributed by atoms with Crippen LogP contribution in [0.2, 0.25) is 0 Å². The number of thioether (sulfide) groups is 1. The number of rotatable bonds is 7. The fourth-order valence-electron chi connectivity index (χ4n) is 2.83. The van der Waals surface area contributed by atoms with Crippen LogP contribution in [0, 0.1) is 0 Å². The Morgan fingerprint density at radius 1 is 1.17 bits per heavy atom. The van der Waals surface area contributed by atoms with Crippen LogP contribution in [-0.4, -0.2) is 44.0 Å². The number of benzene rings is 1. The second-order valence-corrected chi connectivity index (χ2v) is 7.61. The van der Waals surface area contributed by atoms with Crippen LogP contribution in [0.1, 0.15) is 30.4 Å². The van der Waals surface area contributed by atoms with Crippen molar-refractivity contribution in [1.82, 2.24) is 24.6 Å². The molecule has 0 aliphatic carbocycles. The molecule has 0 atom stereocenters. The summed E-state index contributed by atoms with van der Waals surface area (Å²) in [6.45, 7) is 4.05. The van der Waals surface area contributed by atoms with Crippen molar-refractivity contribution in [3.05, 3.63) is 48.3 Å². The first-order valence-electron chi connectivity index (χ1n) is 9.08. The van der Waals surface area contributed by atoms with Crippen molar-refractivity contribution in [3.8, 4) is 17.1 Å². The number of aromatic nitrogens is 4. The number of ether oxygens (including phenoxy) is 1. The monoisotopic (exact) mass is 413 g/mol. The van der Waals surface area contributed by atoms with Gasteiger partial charge in [0.25, 0.3) is 5.91 Å². The van der Waals surface area contributed by atoms with Crippen LogP contribution in [0.25, 0.3) is 11.4 Å². The number of aryl methyl sites for hydroxylation is 1. The number of imide groups is 1. The second kappa shape index (κ2) is 8.95. The quantitative estimate of drug-likeness (QED) is 0.599. The summed E-state index contributed by atoms with van der Waals surface area (Å²) in [4.78, 5) is 24.4. The highest BCUT2D eigenvalue weighted by Crippen LogP contribution is 2.28. The van der Waals surface area contributed by atoms with Gasteiger partial charge in [0, 0.05) is 24.8 Å². The van der Waals surface area contributed by atoms with Crippen LogP contribution in [-0.2, 0) is 11.8 Å². The molecular weight excluding hydrogens is 390 g/mol. The Kier molecular flexibility index (Phi) is 6.38. The summed E-state index contributed by atoms with van der Waals surface area (Å²) >= 11 is 1.24. The van der Waals surface area contributed by atoms with Crippen molar-refractivity contribution in [2.75, 3.05) is 12.9 Å². The first-order valence-corrected chi connectivity index (χ1v) is 10.1. The predicted molar refractivity (Wildman–Crippen MR) is 111 cm³/mol. The topological polar surface area (TPSA) is 91.0 Å². The Labute approximate surface area is 173 Å². The molecule has 1 aromatic carbocycles. The molecule has 2 amide bonds. The number of hydrogen-bond donors (Lipinski definition) is 1. The van der Waals surface area contributed by atoms with Gasteiger partial charge in [-0.25, -0.2) is 0 Å². The molecule has 0 aliphatic rings. The number of carbonyl (C=O) groups is 2. The molecule has 0 spiro atoms. The van der Waals surface area contributed by atoms with Gasteiger partial charge in [-0.05, 0) is 50.2 Å². The van der Waals surface area contributed by atoms with E-state index in [1.807, 2.05) is 42.7 Å². The number of methoxy groups -OCH3 is 1. The summed E-state index contributed by atoms with van der Waals surface area (Å²) < 4.78 is 8.83. The zero-order chi connectivity index (χ0) is 21.0. The third kappa shape index (κ3) is 4.68. The lowest BCUT2D eigenvalue weighted by Crippen LogP contribution is -2.33. The summed E-state index contributed by atoms with van der Waals surface area (Å²) in [6, 6.07) is 11.1. The third-order valence-electron chi connectivity index (χ3n) is 4.29. The largest absolute Gasteiger partial charge is 0.497 e. The van der Waals surface area contributed by atoms with Crippen LogP contribution in [0.5, 0.6) is 5.75 Å². The highest BCUT2D eigenvalue weighted by molar-refractivity contribution is 7.99. The lowest BCUT2D eigenvalue weighted by atomic mass is 10.2. The smallest absolute Gasteiger partial charge is 0.274 e. The minimum Gasteiger partial charge on any atom is -0.497 e. The van der Waals surface area contributed by atoms with Gasteiger partial charge in [-0.2, -0.15) is 0 Å². The molecule has 29 heavy (non-hydrogen) atoms. The van der Waals surface area contributed by atoms with Gasteiger partial charge >= 0.3 is 0 Å². The van der Waals surface area contributed by atoms with Crippen LogP contribution in [0.4, 0.5) is 0 Å². The lowest BCUT2D eigenvalue weighted by molar-refractivity contribution is -0.117. The number of carbonyl (C=O) groups excluding carboxylic acids is 2. The molecule has 3 rings (SSSR count). The fraction of sp³-hybridized carbons (Fsp3) is 0.300. The Morgan fingerprint density at radius 3 is 2.48 bits per heavy atom. The molecule has 3 aromatic rings. The molecule has 9 heteroatoms. The molecule has 0 unspecified atom stereocenters. The minimum atomic E-state index is -0.424. The zero-order valence-electron chi connectivity index (χ0n) is 16.7. The summed E-state index contributed by atoms with van der Waals surface area (Å²) in [7, 11) is 3.37. The Balaban J connectivity index is 1.70. The second-order valence-electron chi connectivity index (χ2n) is 6.67. The average Bonchev–Trinajstić information content (AvgIpc) is 3.32. The van der Waals surface area contributed by atoms with E-state index in [-0.39, 0.29) is 17.7 Å².